The molecule has 110 valence electrons. The topological polar surface area (TPSA) is 38.8 Å². The molecular weight excluding hydrogens is 254 g/mol. The Hall–Kier alpha value is -1.39. The zero-order valence-corrected chi connectivity index (χ0v) is 12.5. The third-order valence-corrected chi connectivity index (χ3v) is 3.70. The van der Waals surface area contributed by atoms with Crippen LogP contribution < -0.4 is 0 Å². The molecule has 1 atom stereocenters. The molecular formula is C16H23NO3. The Labute approximate surface area is 120 Å². The fourth-order valence-corrected chi connectivity index (χ4v) is 2.48. The molecule has 1 unspecified atom stereocenters. The van der Waals surface area contributed by atoms with E-state index in [1.807, 2.05) is 36.9 Å². The van der Waals surface area contributed by atoms with Crippen LogP contribution in [0.2, 0.25) is 0 Å². The molecule has 0 aromatic heterocycles. The molecule has 1 aliphatic rings. The average Bonchev–Trinajstić information content (AvgIpc) is 2.44. The first-order chi connectivity index (χ1) is 9.54. The summed E-state index contributed by atoms with van der Waals surface area (Å²) in [5.41, 5.74) is 0.502. The van der Waals surface area contributed by atoms with Crippen molar-refractivity contribution in [1.29, 1.82) is 0 Å². The van der Waals surface area contributed by atoms with Gasteiger partial charge in [-0.1, -0.05) is 30.3 Å². The first-order valence-corrected chi connectivity index (χ1v) is 7.02. The highest BCUT2D eigenvalue weighted by molar-refractivity contribution is 5.85. The molecule has 1 aromatic carbocycles. The number of carbonyl (C=O) groups excluding carboxylic acids is 1. The molecule has 0 aliphatic carbocycles. The lowest BCUT2D eigenvalue weighted by Crippen LogP contribution is -2.60. The summed E-state index contributed by atoms with van der Waals surface area (Å²) in [6, 6.07) is 10.2. The maximum Gasteiger partial charge on any atom is 0.254 e. The van der Waals surface area contributed by atoms with Gasteiger partial charge in [-0.15, -0.1) is 0 Å². The van der Waals surface area contributed by atoms with Crippen molar-refractivity contribution in [3.05, 3.63) is 35.9 Å². The molecule has 1 amide bonds. The van der Waals surface area contributed by atoms with E-state index in [0.29, 0.717) is 19.8 Å². The number of rotatable bonds is 5. The lowest BCUT2D eigenvalue weighted by Gasteiger charge is -2.42. The Kier molecular flexibility index (Phi) is 4.78. The van der Waals surface area contributed by atoms with Crippen molar-refractivity contribution < 1.29 is 14.3 Å². The van der Waals surface area contributed by atoms with Gasteiger partial charge in [0.25, 0.3) is 5.91 Å². The highest BCUT2D eigenvalue weighted by Gasteiger charge is 2.41. The Morgan fingerprint density at radius 3 is 2.70 bits per heavy atom. The molecule has 2 rings (SSSR count). The standard InChI is InChI=1S/C16H23NO3/c1-16(2)15(18)17(14(11-19-3)12-20-16)10-9-13-7-5-4-6-8-13/h4-8,14H,9-12H2,1-3H3. The van der Waals surface area contributed by atoms with E-state index in [4.69, 9.17) is 9.47 Å². The van der Waals surface area contributed by atoms with Crippen LogP contribution in [0.4, 0.5) is 0 Å². The van der Waals surface area contributed by atoms with Crippen molar-refractivity contribution in [2.45, 2.75) is 31.9 Å². The van der Waals surface area contributed by atoms with Gasteiger partial charge < -0.3 is 14.4 Å². The second kappa shape index (κ2) is 6.37. The third-order valence-electron chi connectivity index (χ3n) is 3.70. The fraction of sp³-hybridized carbons (Fsp3) is 0.562. The number of morpholine rings is 1. The van der Waals surface area contributed by atoms with Crippen molar-refractivity contribution in [3.63, 3.8) is 0 Å². The van der Waals surface area contributed by atoms with Gasteiger partial charge >= 0.3 is 0 Å². The van der Waals surface area contributed by atoms with Gasteiger partial charge in [-0.25, -0.2) is 0 Å². The molecule has 0 spiro atoms. The summed E-state index contributed by atoms with van der Waals surface area (Å²) >= 11 is 0. The Bertz CT molecular complexity index is 444. The quantitative estimate of drug-likeness (QED) is 0.825. The third kappa shape index (κ3) is 3.38. The summed E-state index contributed by atoms with van der Waals surface area (Å²) in [6.45, 7) is 5.39. The van der Waals surface area contributed by atoms with Crippen LogP contribution in [0, 0.1) is 0 Å². The fourth-order valence-electron chi connectivity index (χ4n) is 2.48. The minimum absolute atomic E-state index is 0.00392. The van der Waals surface area contributed by atoms with Crippen LogP contribution in [0.25, 0.3) is 0 Å². The van der Waals surface area contributed by atoms with E-state index in [2.05, 4.69) is 12.1 Å². The molecule has 0 bridgehead atoms. The van der Waals surface area contributed by atoms with Gasteiger partial charge in [0.1, 0.15) is 5.60 Å². The molecule has 0 saturated carbocycles. The molecule has 1 aromatic rings. The largest absolute Gasteiger partial charge is 0.382 e. The van der Waals surface area contributed by atoms with Crippen LogP contribution in [0.15, 0.2) is 30.3 Å². The molecule has 1 aliphatic heterocycles. The van der Waals surface area contributed by atoms with Crippen LogP contribution in [-0.2, 0) is 20.7 Å². The summed E-state index contributed by atoms with van der Waals surface area (Å²) in [4.78, 5) is 14.4. The number of methoxy groups -OCH3 is 1. The van der Waals surface area contributed by atoms with Crippen molar-refractivity contribution >= 4 is 5.91 Å². The average molecular weight is 277 g/mol. The number of carbonyl (C=O) groups is 1. The zero-order valence-electron chi connectivity index (χ0n) is 12.5. The van der Waals surface area contributed by atoms with E-state index in [-0.39, 0.29) is 11.9 Å². The van der Waals surface area contributed by atoms with Gasteiger partial charge in [0.15, 0.2) is 0 Å². The Morgan fingerprint density at radius 1 is 1.35 bits per heavy atom. The lowest BCUT2D eigenvalue weighted by molar-refractivity contribution is -0.176. The highest BCUT2D eigenvalue weighted by Crippen LogP contribution is 2.23. The second-order valence-electron chi connectivity index (χ2n) is 5.66. The van der Waals surface area contributed by atoms with Gasteiger partial charge in [0.2, 0.25) is 0 Å². The monoisotopic (exact) mass is 277 g/mol. The van der Waals surface area contributed by atoms with E-state index >= 15 is 0 Å². The molecule has 20 heavy (non-hydrogen) atoms. The number of amides is 1. The maximum atomic E-state index is 12.5. The number of ether oxygens (including phenoxy) is 2. The summed E-state index contributed by atoms with van der Waals surface area (Å²) < 4.78 is 10.9. The normalized spacial score (nSPS) is 22.1. The van der Waals surface area contributed by atoms with Gasteiger partial charge in [0.05, 0.1) is 19.3 Å². The SMILES string of the molecule is COCC1COC(C)(C)C(=O)N1CCc1ccccc1. The van der Waals surface area contributed by atoms with Gasteiger partial charge in [0, 0.05) is 13.7 Å². The highest BCUT2D eigenvalue weighted by atomic mass is 16.5. The van der Waals surface area contributed by atoms with Crippen LogP contribution in [0.1, 0.15) is 19.4 Å². The van der Waals surface area contributed by atoms with Crippen LogP contribution >= 0.6 is 0 Å². The minimum Gasteiger partial charge on any atom is -0.382 e. The molecule has 4 heteroatoms. The second-order valence-corrected chi connectivity index (χ2v) is 5.66. The molecule has 4 nitrogen and oxygen atoms in total. The number of hydrogen-bond acceptors (Lipinski definition) is 3. The predicted molar refractivity (Wildman–Crippen MR) is 77.6 cm³/mol. The maximum absolute atomic E-state index is 12.5. The summed E-state index contributed by atoms with van der Waals surface area (Å²) in [6.07, 6.45) is 0.850. The number of nitrogens with zero attached hydrogens (tertiary/aromatic N) is 1. The molecule has 1 fully saturated rings. The number of hydrogen-bond donors (Lipinski definition) is 0. The first-order valence-electron chi connectivity index (χ1n) is 7.02. The zero-order chi connectivity index (χ0) is 14.6. The smallest absolute Gasteiger partial charge is 0.254 e. The number of benzene rings is 1. The summed E-state index contributed by atoms with van der Waals surface area (Å²) in [7, 11) is 1.65. The van der Waals surface area contributed by atoms with Crippen molar-refractivity contribution in [1.82, 2.24) is 4.90 Å². The van der Waals surface area contributed by atoms with Crippen molar-refractivity contribution in [2.75, 3.05) is 26.9 Å². The van der Waals surface area contributed by atoms with Gasteiger partial charge in [-0.3, -0.25) is 4.79 Å². The van der Waals surface area contributed by atoms with Gasteiger partial charge in [-0.05, 0) is 25.8 Å². The van der Waals surface area contributed by atoms with E-state index in [0.717, 1.165) is 6.42 Å². The molecule has 1 saturated heterocycles. The summed E-state index contributed by atoms with van der Waals surface area (Å²) in [5, 5.41) is 0. The van der Waals surface area contributed by atoms with Crippen LogP contribution in [0.3, 0.4) is 0 Å². The Balaban J connectivity index is 2.05. The lowest BCUT2D eigenvalue weighted by atomic mass is 10.0. The van der Waals surface area contributed by atoms with Crippen LogP contribution in [0.5, 0.6) is 0 Å². The predicted octanol–water partition coefficient (Wildman–Crippen LogP) is 1.88. The van der Waals surface area contributed by atoms with Gasteiger partial charge in [-0.2, -0.15) is 0 Å². The minimum atomic E-state index is -0.735. The van der Waals surface area contributed by atoms with E-state index in [1.165, 1.54) is 5.56 Å². The Morgan fingerprint density at radius 2 is 2.05 bits per heavy atom. The molecule has 0 radical (unpaired) electrons. The van der Waals surface area contributed by atoms with E-state index in [1.54, 1.807) is 7.11 Å². The van der Waals surface area contributed by atoms with E-state index in [9.17, 15) is 4.79 Å². The van der Waals surface area contributed by atoms with Crippen molar-refractivity contribution in [2.24, 2.45) is 0 Å². The van der Waals surface area contributed by atoms with E-state index < -0.39 is 5.60 Å². The molecule has 1 heterocycles. The first kappa shape index (κ1) is 15.0. The molecule has 0 N–H and O–H groups in total. The summed E-state index contributed by atoms with van der Waals surface area (Å²) in [5.74, 6) is 0.0433. The van der Waals surface area contributed by atoms with Crippen molar-refractivity contribution in [3.8, 4) is 0 Å². The van der Waals surface area contributed by atoms with Crippen LogP contribution in [-0.4, -0.2) is 49.3 Å².